The van der Waals surface area contributed by atoms with Crippen molar-refractivity contribution in [2.45, 2.75) is 32.0 Å². The molecule has 2 nitrogen and oxygen atoms in total. The standard InChI is InChI=1S/C15H22FO2P/c1-4-19(5-2)15(18-3,11-6-12-17)13-7-9-14(16)10-8-13/h7-10,12H,4-6,11H2,1-3H3. The second kappa shape index (κ2) is 7.72. The Bertz CT molecular complexity index is 390. The van der Waals surface area contributed by atoms with Crippen molar-refractivity contribution in [3.05, 3.63) is 35.6 Å². The normalized spacial score (nSPS) is 14.4. The molecule has 1 unspecified atom stereocenters. The molecular weight excluding hydrogens is 262 g/mol. The Morgan fingerprint density at radius 3 is 2.26 bits per heavy atom. The van der Waals surface area contributed by atoms with E-state index < -0.39 is 13.3 Å². The van der Waals surface area contributed by atoms with Crippen LogP contribution >= 0.6 is 7.92 Å². The predicted molar refractivity (Wildman–Crippen MR) is 78.4 cm³/mol. The van der Waals surface area contributed by atoms with Gasteiger partial charge >= 0.3 is 0 Å². The van der Waals surface area contributed by atoms with Gasteiger partial charge in [0.25, 0.3) is 0 Å². The highest BCUT2D eigenvalue weighted by Gasteiger charge is 2.38. The number of carbonyl (C=O) groups is 1. The van der Waals surface area contributed by atoms with Gasteiger partial charge in [0.2, 0.25) is 0 Å². The minimum atomic E-state index is -0.437. The van der Waals surface area contributed by atoms with E-state index in [0.29, 0.717) is 12.8 Å². The van der Waals surface area contributed by atoms with Crippen molar-refractivity contribution >= 4 is 14.2 Å². The summed E-state index contributed by atoms with van der Waals surface area (Å²) in [7, 11) is 1.28. The molecule has 0 spiro atoms. The van der Waals surface area contributed by atoms with Gasteiger partial charge < -0.3 is 9.53 Å². The third-order valence-corrected chi connectivity index (χ3v) is 6.72. The maximum absolute atomic E-state index is 13.1. The number of benzene rings is 1. The fourth-order valence-electron chi connectivity index (χ4n) is 2.53. The van der Waals surface area contributed by atoms with Gasteiger partial charge in [-0.3, -0.25) is 0 Å². The molecule has 0 saturated carbocycles. The van der Waals surface area contributed by atoms with E-state index in [1.807, 2.05) is 0 Å². The van der Waals surface area contributed by atoms with Gasteiger partial charge in [0.1, 0.15) is 17.4 Å². The van der Waals surface area contributed by atoms with Gasteiger partial charge in [-0.2, -0.15) is 0 Å². The summed E-state index contributed by atoms with van der Waals surface area (Å²) >= 11 is 0. The zero-order chi connectivity index (χ0) is 14.3. The van der Waals surface area contributed by atoms with E-state index in [4.69, 9.17) is 4.74 Å². The fourth-order valence-corrected chi connectivity index (χ4v) is 5.22. The van der Waals surface area contributed by atoms with Crippen LogP contribution in [-0.2, 0) is 14.9 Å². The summed E-state index contributed by atoms with van der Waals surface area (Å²) < 4.78 is 19.0. The van der Waals surface area contributed by atoms with Gasteiger partial charge in [0, 0.05) is 13.5 Å². The van der Waals surface area contributed by atoms with Gasteiger partial charge in [-0.25, -0.2) is 4.39 Å². The van der Waals surface area contributed by atoms with Crippen LogP contribution in [0.15, 0.2) is 24.3 Å². The highest BCUT2D eigenvalue weighted by molar-refractivity contribution is 7.58. The molecular formula is C15H22FO2P. The second-order valence-electron chi connectivity index (χ2n) is 4.37. The first-order valence-corrected chi connectivity index (χ1v) is 8.35. The molecule has 19 heavy (non-hydrogen) atoms. The van der Waals surface area contributed by atoms with Crippen LogP contribution in [0.5, 0.6) is 0 Å². The van der Waals surface area contributed by atoms with Gasteiger partial charge in [-0.15, -0.1) is 0 Å². The molecule has 0 saturated heterocycles. The highest BCUT2D eigenvalue weighted by atomic mass is 31.1. The fraction of sp³-hybridized carbons (Fsp3) is 0.533. The van der Waals surface area contributed by atoms with Gasteiger partial charge in [0.05, 0.1) is 0 Å². The van der Waals surface area contributed by atoms with Crippen molar-refractivity contribution in [2.24, 2.45) is 0 Å². The van der Waals surface area contributed by atoms with E-state index in [0.717, 1.165) is 24.2 Å². The Balaban J connectivity index is 3.21. The summed E-state index contributed by atoms with van der Waals surface area (Å²) in [5.74, 6) is -0.249. The molecule has 0 aliphatic carbocycles. The van der Waals surface area contributed by atoms with Crippen molar-refractivity contribution in [2.75, 3.05) is 19.4 Å². The Kier molecular flexibility index (Phi) is 6.60. The minimum Gasteiger partial charge on any atom is -0.369 e. The lowest BCUT2D eigenvalue weighted by molar-refractivity contribution is -0.108. The highest BCUT2D eigenvalue weighted by Crippen LogP contribution is 2.58. The molecule has 4 heteroatoms. The summed E-state index contributed by atoms with van der Waals surface area (Å²) in [5.41, 5.74) is 0.980. The summed E-state index contributed by atoms with van der Waals surface area (Å²) in [4.78, 5) is 10.7. The third kappa shape index (κ3) is 3.61. The molecule has 1 rings (SSSR count). The molecule has 0 radical (unpaired) electrons. The molecule has 0 amide bonds. The van der Waals surface area contributed by atoms with Crippen molar-refractivity contribution in [1.82, 2.24) is 0 Å². The summed E-state index contributed by atoms with van der Waals surface area (Å²) in [6, 6.07) is 6.49. The van der Waals surface area contributed by atoms with Crippen molar-refractivity contribution in [1.29, 1.82) is 0 Å². The number of methoxy groups -OCH3 is 1. The zero-order valence-electron chi connectivity index (χ0n) is 11.9. The molecule has 0 heterocycles. The maximum Gasteiger partial charge on any atom is 0.123 e. The quantitative estimate of drug-likeness (QED) is 0.530. The lowest BCUT2D eigenvalue weighted by atomic mass is 10.0. The van der Waals surface area contributed by atoms with E-state index in [2.05, 4.69) is 13.8 Å². The summed E-state index contributed by atoms with van der Waals surface area (Å²) in [6.07, 6.45) is 4.10. The molecule has 0 fully saturated rings. The van der Waals surface area contributed by atoms with Crippen LogP contribution in [-0.4, -0.2) is 25.7 Å². The van der Waals surface area contributed by atoms with Crippen molar-refractivity contribution in [3.8, 4) is 0 Å². The number of ether oxygens (including phenoxy) is 1. The average Bonchev–Trinajstić information content (AvgIpc) is 2.45. The first-order valence-electron chi connectivity index (χ1n) is 6.64. The van der Waals surface area contributed by atoms with E-state index >= 15 is 0 Å². The molecule has 0 aromatic heterocycles. The Morgan fingerprint density at radius 2 is 1.84 bits per heavy atom. The number of aldehydes is 1. The van der Waals surface area contributed by atoms with Crippen LogP contribution in [0, 0.1) is 5.82 Å². The lowest BCUT2D eigenvalue weighted by Gasteiger charge is -2.40. The molecule has 0 bridgehead atoms. The van der Waals surface area contributed by atoms with Gasteiger partial charge in [-0.1, -0.05) is 33.9 Å². The topological polar surface area (TPSA) is 26.3 Å². The van der Waals surface area contributed by atoms with Crippen LogP contribution in [0.1, 0.15) is 32.3 Å². The molecule has 0 aliphatic rings. The monoisotopic (exact) mass is 284 g/mol. The smallest absolute Gasteiger partial charge is 0.123 e. The molecule has 0 aliphatic heterocycles. The minimum absolute atomic E-state index is 0.249. The van der Waals surface area contributed by atoms with Crippen LogP contribution in [0.3, 0.4) is 0 Å². The first kappa shape index (κ1) is 16.3. The van der Waals surface area contributed by atoms with Crippen molar-refractivity contribution < 1.29 is 13.9 Å². The number of hydrogen-bond donors (Lipinski definition) is 0. The largest absolute Gasteiger partial charge is 0.369 e. The second-order valence-corrected chi connectivity index (χ2v) is 7.44. The van der Waals surface area contributed by atoms with Gasteiger partial charge in [-0.05, 0) is 36.4 Å². The molecule has 0 N–H and O–H groups in total. The molecule has 1 aromatic carbocycles. The van der Waals surface area contributed by atoms with Crippen LogP contribution < -0.4 is 0 Å². The average molecular weight is 284 g/mol. The van der Waals surface area contributed by atoms with Crippen LogP contribution in [0.2, 0.25) is 0 Å². The number of hydrogen-bond acceptors (Lipinski definition) is 2. The van der Waals surface area contributed by atoms with E-state index in [9.17, 15) is 9.18 Å². The van der Waals surface area contributed by atoms with E-state index in [1.54, 1.807) is 19.2 Å². The first-order chi connectivity index (χ1) is 9.14. The third-order valence-electron chi connectivity index (χ3n) is 3.51. The summed E-state index contributed by atoms with van der Waals surface area (Å²) in [6.45, 7) is 4.29. The Morgan fingerprint density at radius 1 is 1.26 bits per heavy atom. The molecule has 1 atom stereocenters. The molecule has 106 valence electrons. The van der Waals surface area contributed by atoms with Crippen molar-refractivity contribution in [3.63, 3.8) is 0 Å². The van der Waals surface area contributed by atoms with Gasteiger partial charge in [0.15, 0.2) is 0 Å². The number of halogens is 1. The van der Waals surface area contributed by atoms with Crippen LogP contribution in [0.4, 0.5) is 4.39 Å². The molecule has 1 aromatic rings. The predicted octanol–water partition coefficient (Wildman–Crippen LogP) is 4.13. The van der Waals surface area contributed by atoms with E-state index in [-0.39, 0.29) is 5.82 Å². The Hall–Kier alpha value is -0.790. The zero-order valence-corrected chi connectivity index (χ0v) is 12.8. The Labute approximate surface area is 116 Å². The SMILES string of the molecule is CCP(CC)C(CCC=O)(OC)c1ccc(F)cc1. The number of carbonyl (C=O) groups excluding carboxylic acids is 1. The van der Waals surface area contributed by atoms with E-state index in [1.165, 1.54) is 12.1 Å². The van der Waals surface area contributed by atoms with Crippen LogP contribution in [0.25, 0.3) is 0 Å². The lowest BCUT2D eigenvalue weighted by Crippen LogP contribution is -2.28. The summed E-state index contributed by atoms with van der Waals surface area (Å²) in [5, 5.41) is -0.437. The number of rotatable bonds is 8. The maximum atomic E-state index is 13.1.